The zero-order valence-corrected chi connectivity index (χ0v) is 12.5. The largest absolute Gasteiger partial charge is 0.314 e. The molecular weight excluding hydrogens is 254 g/mol. The van der Waals surface area contributed by atoms with Gasteiger partial charge in [0.1, 0.15) is 0 Å². The monoisotopic (exact) mass is 277 g/mol. The van der Waals surface area contributed by atoms with Crippen molar-refractivity contribution in [3.63, 3.8) is 0 Å². The molecule has 0 spiro atoms. The van der Waals surface area contributed by atoms with Crippen LogP contribution < -0.4 is 5.32 Å². The molecule has 3 rings (SSSR count). The molecular formula is C16H23NOS. The Morgan fingerprint density at radius 1 is 1.26 bits per heavy atom. The van der Waals surface area contributed by atoms with E-state index in [0.717, 1.165) is 24.3 Å². The lowest BCUT2D eigenvalue weighted by Crippen LogP contribution is -2.27. The van der Waals surface area contributed by atoms with Gasteiger partial charge in [-0.25, -0.2) is 0 Å². The number of hydrogen-bond acceptors (Lipinski definition) is 2. The summed E-state index contributed by atoms with van der Waals surface area (Å²) in [5.74, 6) is 0. The molecule has 1 saturated carbocycles. The fraction of sp³-hybridized carbons (Fsp3) is 0.625. The molecule has 0 aliphatic heterocycles. The Morgan fingerprint density at radius 3 is 2.95 bits per heavy atom. The second kappa shape index (κ2) is 5.76. The van der Waals surface area contributed by atoms with Gasteiger partial charge in [-0.05, 0) is 68.3 Å². The topological polar surface area (TPSA) is 29.1 Å². The molecule has 3 heteroatoms. The number of benzene rings is 1. The van der Waals surface area contributed by atoms with Crippen LogP contribution in [-0.4, -0.2) is 22.0 Å². The van der Waals surface area contributed by atoms with Gasteiger partial charge in [0, 0.05) is 16.2 Å². The molecule has 3 unspecified atom stereocenters. The van der Waals surface area contributed by atoms with Crippen LogP contribution in [0.25, 0.3) is 0 Å². The molecule has 19 heavy (non-hydrogen) atoms. The summed E-state index contributed by atoms with van der Waals surface area (Å²) in [4.78, 5) is 1.06. The van der Waals surface area contributed by atoms with Gasteiger partial charge in [-0.1, -0.05) is 13.0 Å². The molecule has 1 aromatic rings. The van der Waals surface area contributed by atoms with E-state index in [9.17, 15) is 4.21 Å². The van der Waals surface area contributed by atoms with Gasteiger partial charge in [0.2, 0.25) is 0 Å². The molecule has 0 radical (unpaired) electrons. The van der Waals surface area contributed by atoms with Crippen molar-refractivity contribution in [3.05, 3.63) is 29.3 Å². The fourth-order valence-corrected chi connectivity index (χ4v) is 5.08. The van der Waals surface area contributed by atoms with Gasteiger partial charge >= 0.3 is 0 Å². The van der Waals surface area contributed by atoms with Gasteiger partial charge in [0.25, 0.3) is 0 Å². The lowest BCUT2D eigenvalue weighted by atomic mass is 10.1. The SMILES string of the molecule is CCNC1CCC(S(=O)c2ccc3c(c2)CCC3)C1. The predicted octanol–water partition coefficient (Wildman–Crippen LogP) is 2.81. The number of fused-ring (bicyclic) bond motifs is 1. The molecule has 3 atom stereocenters. The van der Waals surface area contributed by atoms with Gasteiger partial charge < -0.3 is 5.32 Å². The van der Waals surface area contributed by atoms with Gasteiger partial charge in [0.15, 0.2) is 0 Å². The second-order valence-electron chi connectivity index (χ2n) is 5.77. The quantitative estimate of drug-likeness (QED) is 0.917. The summed E-state index contributed by atoms with van der Waals surface area (Å²) in [6, 6.07) is 7.08. The van der Waals surface area contributed by atoms with E-state index < -0.39 is 10.8 Å². The number of hydrogen-bond donors (Lipinski definition) is 1. The zero-order chi connectivity index (χ0) is 13.2. The number of aryl methyl sites for hydroxylation is 2. The maximum atomic E-state index is 12.7. The first kappa shape index (κ1) is 13.3. The van der Waals surface area contributed by atoms with Crippen LogP contribution in [0.2, 0.25) is 0 Å². The first-order chi connectivity index (χ1) is 9.28. The minimum atomic E-state index is -0.815. The van der Waals surface area contributed by atoms with E-state index in [2.05, 4.69) is 30.4 Å². The maximum Gasteiger partial charge on any atom is 0.0561 e. The van der Waals surface area contributed by atoms with Gasteiger partial charge in [-0.15, -0.1) is 0 Å². The summed E-state index contributed by atoms with van der Waals surface area (Å²) < 4.78 is 12.7. The molecule has 1 aromatic carbocycles. The van der Waals surface area contributed by atoms with E-state index >= 15 is 0 Å². The average molecular weight is 277 g/mol. The van der Waals surface area contributed by atoms with Crippen LogP contribution in [0, 0.1) is 0 Å². The molecule has 0 saturated heterocycles. The van der Waals surface area contributed by atoms with Gasteiger partial charge in [0.05, 0.1) is 10.8 Å². The zero-order valence-electron chi connectivity index (χ0n) is 11.7. The van der Waals surface area contributed by atoms with Gasteiger partial charge in [-0.3, -0.25) is 4.21 Å². The van der Waals surface area contributed by atoms with Crippen LogP contribution in [0.5, 0.6) is 0 Å². The summed E-state index contributed by atoms with van der Waals surface area (Å²) in [6.07, 6.45) is 6.98. The minimum absolute atomic E-state index is 0.350. The smallest absolute Gasteiger partial charge is 0.0561 e. The van der Waals surface area contributed by atoms with E-state index in [1.54, 1.807) is 0 Å². The lowest BCUT2D eigenvalue weighted by Gasteiger charge is -2.13. The van der Waals surface area contributed by atoms with Crippen LogP contribution in [-0.2, 0) is 23.6 Å². The Balaban J connectivity index is 1.71. The lowest BCUT2D eigenvalue weighted by molar-refractivity contribution is 0.542. The van der Waals surface area contributed by atoms with Crippen molar-refractivity contribution in [1.82, 2.24) is 5.32 Å². The molecule has 0 amide bonds. The van der Waals surface area contributed by atoms with E-state index in [1.165, 1.54) is 36.8 Å². The van der Waals surface area contributed by atoms with Crippen molar-refractivity contribution in [3.8, 4) is 0 Å². The predicted molar refractivity (Wildman–Crippen MR) is 80.0 cm³/mol. The maximum absolute atomic E-state index is 12.7. The fourth-order valence-electron chi connectivity index (χ4n) is 3.47. The van der Waals surface area contributed by atoms with Crippen molar-refractivity contribution in [1.29, 1.82) is 0 Å². The van der Waals surface area contributed by atoms with E-state index in [0.29, 0.717) is 11.3 Å². The highest BCUT2D eigenvalue weighted by molar-refractivity contribution is 7.85. The third-order valence-corrected chi connectivity index (χ3v) is 6.23. The first-order valence-corrected chi connectivity index (χ1v) is 8.75. The molecule has 0 bridgehead atoms. The molecule has 1 fully saturated rings. The standard InChI is InChI=1S/C16H23NOS/c1-2-17-14-7-9-16(11-14)19(18)15-8-6-12-4-3-5-13(12)10-15/h6,8,10,14,16-17H,2-5,7,9,11H2,1H3. The van der Waals surface area contributed by atoms with E-state index in [1.807, 2.05) is 0 Å². The summed E-state index contributed by atoms with van der Waals surface area (Å²) in [5.41, 5.74) is 2.91. The third-order valence-electron chi connectivity index (χ3n) is 4.48. The molecule has 1 N–H and O–H groups in total. The normalized spacial score (nSPS) is 27.4. The molecule has 2 aliphatic carbocycles. The average Bonchev–Trinajstić information content (AvgIpc) is 3.05. The summed E-state index contributed by atoms with van der Waals surface area (Å²) in [6.45, 7) is 3.16. The van der Waals surface area contributed by atoms with Crippen molar-refractivity contribution < 1.29 is 4.21 Å². The molecule has 0 heterocycles. The molecule has 2 aliphatic rings. The third kappa shape index (κ3) is 2.77. The van der Waals surface area contributed by atoms with Crippen molar-refractivity contribution in [2.24, 2.45) is 0 Å². The Labute approximate surface area is 118 Å². The van der Waals surface area contributed by atoms with Crippen molar-refractivity contribution in [2.75, 3.05) is 6.54 Å². The summed E-state index contributed by atoms with van der Waals surface area (Å²) in [7, 11) is -0.815. The summed E-state index contributed by atoms with van der Waals surface area (Å²) >= 11 is 0. The van der Waals surface area contributed by atoms with Crippen molar-refractivity contribution in [2.45, 2.75) is 61.6 Å². The van der Waals surface area contributed by atoms with E-state index in [4.69, 9.17) is 0 Å². The first-order valence-electron chi connectivity index (χ1n) is 7.53. The molecule has 2 nitrogen and oxygen atoms in total. The number of nitrogens with one attached hydrogen (secondary N) is 1. The van der Waals surface area contributed by atoms with Crippen LogP contribution in [0.3, 0.4) is 0 Å². The molecule has 104 valence electrons. The minimum Gasteiger partial charge on any atom is -0.314 e. The highest BCUT2D eigenvalue weighted by Crippen LogP contribution is 2.30. The Hall–Kier alpha value is -0.670. The Bertz CT molecular complexity index is 486. The van der Waals surface area contributed by atoms with Crippen LogP contribution in [0.1, 0.15) is 43.7 Å². The highest BCUT2D eigenvalue weighted by Gasteiger charge is 2.29. The summed E-state index contributed by atoms with van der Waals surface area (Å²) in [5, 5.41) is 3.84. The van der Waals surface area contributed by atoms with Gasteiger partial charge in [-0.2, -0.15) is 0 Å². The Kier molecular flexibility index (Phi) is 4.04. The van der Waals surface area contributed by atoms with Crippen LogP contribution >= 0.6 is 0 Å². The van der Waals surface area contributed by atoms with E-state index in [-0.39, 0.29) is 0 Å². The molecule has 0 aromatic heterocycles. The highest BCUT2D eigenvalue weighted by atomic mass is 32.2. The van der Waals surface area contributed by atoms with Crippen LogP contribution in [0.4, 0.5) is 0 Å². The second-order valence-corrected chi connectivity index (χ2v) is 7.50. The van der Waals surface area contributed by atoms with Crippen molar-refractivity contribution >= 4 is 10.8 Å². The van der Waals surface area contributed by atoms with Crippen LogP contribution in [0.15, 0.2) is 23.1 Å². The number of rotatable bonds is 4. The Morgan fingerprint density at radius 2 is 2.11 bits per heavy atom.